The number of H-pyrrole nitrogens is 1. The Hall–Kier alpha value is -1.53. The lowest BCUT2D eigenvalue weighted by molar-refractivity contribution is 0.0152. The molecule has 2 N–H and O–H groups in total. The molecule has 3 aliphatic rings. The summed E-state index contributed by atoms with van der Waals surface area (Å²) in [6, 6.07) is 4.74. The van der Waals surface area contributed by atoms with E-state index in [0.29, 0.717) is 6.04 Å². The summed E-state index contributed by atoms with van der Waals surface area (Å²) in [5.74, 6) is 0.960. The van der Waals surface area contributed by atoms with Crippen molar-refractivity contribution in [2.24, 2.45) is 4.99 Å². The number of guanidine groups is 1. The fourth-order valence-corrected chi connectivity index (χ4v) is 3.31. The van der Waals surface area contributed by atoms with Crippen LogP contribution in [-0.4, -0.2) is 85.0 Å². The molecule has 0 amide bonds. The van der Waals surface area contributed by atoms with E-state index in [1.54, 1.807) is 0 Å². The van der Waals surface area contributed by atoms with E-state index in [-0.39, 0.29) is 0 Å². The molecule has 4 heterocycles. The van der Waals surface area contributed by atoms with Crippen molar-refractivity contribution < 1.29 is 0 Å². The van der Waals surface area contributed by atoms with Crippen molar-refractivity contribution in [3.63, 3.8) is 0 Å². The van der Waals surface area contributed by atoms with Crippen LogP contribution in [0.5, 0.6) is 0 Å². The van der Waals surface area contributed by atoms with Crippen molar-refractivity contribution in [2.75, 3.05) is 53.4 Å². The van der Waals surface area contributed by atoms with E-state index >= 15 is 0 Å². The Morgan fingerprint density at radius 1 is 1.43 bits per heavy atom. The molecule has 2 bridgehead atoms. The van der Waals surface area contributed by atoms with Crippen LogP contribution >= 0.6 is 0 Å². The molecule has 0 radical (unpaired) electrons. The first-order valence-electron chi connectivity index (χ1n) is 7.76. The summed E-state index contributed by atoms with van der Waals surface area (Å²) in [7, 11) is 3.93. The van der Waals surface area contributed by atoms with Gasteiger partial charge >= 0.3 is 0 Å². The summed E-state index contributed by atoms with van der Waals surface area (Å²) in [5.41, 5.74) is 1.20. The van der Waals surface area contributed by atoms with Gasteiger partial charge in [0.1, 0.15) is 0 Å². The maximum Gasteiger partial charge on any atom is 0.193 e. The monoisotopic (exact) mass is 290 g/mol. The van der Waals surface area contributed by atoms with Gasteiger partial charge in [-0.1, -0.05) is 0 Å². The maximum absolute atomic E-state index is 4.40. The Bertz CT molecular complexity index is 461. The molecular formula is C15H26N6. The van der Waals surface area contributed by atoms with Gasteiger partial charge in [-0.2, -0.15) is 0 Å². The number of piperazine rings is 3. The Labute approximate surface area is 126 Å². The summed E-state index contributed by atoms with van der Waals surface area (Å²) < 4.78 is 0. The van der Waals surface area contributed by atoms with Crippen molar-refractivity contribution in [1.82, 2.24) is 25.0 Å². The normalized spacial score (nSPS) is 28.7. The third-order valence-corrected chi connectivity index (χ3v) is 4.53. The first-order valence-corrected chi connectivity index (χ1v) is 7.76. The number of aliphatic imine (C=N–C) groups is 1. The van der Waals surface area contributed by atoms with E-state index in [9.17, 15) is 0 Å². The lowest BCUT2D eigenvalue weighted by Crippen LogP contribution is -2.63. The second-order valence-corrected chi connectivity index (χ2v) is 5.97. The van der Waals surface area contributed by atoms with Gasteiger partial charge in [-0.05, 0) is 12.1 Å². The number of hydrogen-bond acceptors (Lipinski definition) is 3. The molecule has 1 atom stereocenters. The highest BCUT2D eigenvalue weighted by atomic mass is 15.4. The van der Waals surface area contributed by atoms with Crippen LogP contribution in [-0.2, 0) is 6.54 Å². The van der Waals surface area contributed by atoms with Gasteiger partial charge in [0, 0.05) is 71.3 Å². The van der Waals surface area contributed by atoms with Crippen molar-refractivity contribution in [3.8, 4) is 0 Å². The summed E-state index contributed by atoms with van der Waals surface area (Å²) in [6.45, 7) is 7.89. The first-order chi connectivity index (χ1) is 10.3. The van der Waals surface area contributed by atoms with E-state index in [0.717, 1.165) is 19.0 Å². The van der Waals surface area contributed by atoms with E-state index in [1.807, 2.05) is 19.3 Å². The van der Waals surface area contributed by atoms with E-state index < -0.39 is 0 Å². The van der Waals surface area contributed by atoms with E-state index in [2.05, 4.69) is 43.1 Å². The predicted molar refractivity (Wildman–Crippen MR) is 85.4 cm³/mol. The summed E-state index contributed by atoms with van der Waals surface area (Å²) >= 11 is 0. The molecule has 3 aliphatic heterocycles. The minimum Gasteiger partial charge on any atom is -0.364 e. The molecule has 1 aromatic heterocycles. The number of rotatable bonds is 4. The van der Waals surface area contributed by atoms with Crippen LogP contribution in [0.25, 0.3) is 0 Å². The van der Waals surface area contributed by atoms with Gasteiger partial charge in [0.25, 0.3) is 0 Å². The third-order valence-electron chi connectivity index (χ3n) is 4.53. The van der Waals surface area contributed by atoms with Gasteiger partial charge in [0.2, 0.25) is 0 Å². The second-order valence-electron chi connectivity index (χ2n) is 5.97. The highest BCUT2D eigenvalue weighted by Gasteiger charge is 2.31. The largest absolute Gasteiger partial charge is 0.364 e. The number of aromatic nitrogens is 1. The van der Waals surface area contributed by atoms with Crippen molar-refractivity contribution in [2.45, 2.75) is 12.6 Å². The van der Waals surface area contributed by atoms with Crippen LogP contribution in [0.15, 0.2) is 23.3 Å². The minimum absolute atomic E-state index is 0.614. The molecule has 21 heavy (non-hydrogen) atoms. The quantitative estimate of drug-likeness (QED) is 0.606. The molecule has 3 saturated heterocycles. The van der Waals surface area contributed by atoms with Crippen LogP contribution in [0.2, 0.25) is 0 Å². The molecule has 0 aliphatic carbocycles. The molecule has 3 fully saturated rings. The summed E-state index contributed by atoms with van der Waals surface area (Å²) in [6.07, 6.45) is 1.96. The van der Waals surface area contributed by atoms with Crippen LogP contribution in [0.3, 0.4) is 0 Å². The van der Waals surface area contributed by atoms with Gasteiger partial charge in [0.15, 0.2) is 5.96 Å². The van der Waals surface area contributed by atoms with Gasteiger partial charge in [-0.3, -0.25) is 14.8 Å². The standard InChI is InChI=1S/C15H26N6/c1-16-15(19(2)11-13-4-3-5-17-13)18-10-14-12-20-6-8-21(14)9-7-20/h3-5,14,17H,6-12H2,1-2H3,(H,16,18). The van der Waals surface area contributed by atoms with Gasteiger partial charge in [0.05, 0.1) is 6.54 Å². The number of hydrogen-bond donors (Lipinski definition) is 2. The topological polar surface area (TPSA) is 49.9 Å². The molecule has 6 heteroatoms. The predicted octanol–water partition coefficient (Wildman–Crippen LogP) is 0.0217. The van der Waals surface area contributed by atoms with Gasteiger partial charge in [-0.25, -0.2) is 0 Å². The van der Waals surface area contributed by atoms with Crippen molar-refractivity contribution >= 4 is 5.96 Å². The fraction of sp³-hybridized carbons (Fsp3) is 0.667. The SMILES string of the molecule is CN=C(NCC1CN2CCN1CC2)N(C)Cc1ccc[nH]1. The van der Waals surface area contributed by atoms with Crippen molar-refractivity contribution in [3.05, 3.63) is 24.0 Å². The average molecular weight is 290 g/mol. The average Bonchev–Trinajstić information content (AvgIpc) is 3.02. The Morgan fingerprint density at radius 3 is 2.81 bits per heavy atom. The van der Waals surface area contributed by atoms with Crippen LogP contribution in [0.1, 0.15) is 5.69 Å². The number of nitrogens with zero attached hydrogens (tertiary/aromatic N) is 4. The molecule has 6 nitrogen and oxygen atoms in total. The second kappa shape index (κ2) is 6.49. The smallest absolute Gasteiger partial charge is 0.193 e. The Morgan fingerprint density at radius 2 is 2.24 bits per heavy atom. The zero-order valence-corrected chi connectivity index (χ0v) is 13.0. The van der Waals surface area contributed by atoms with Crippen LogP contribution in [0, 0.1) is 0 Å². The molecule has 1 unspecified atom stereocenters. The number of fused-ring (bicyclic) bond motifs is 3. The lowest BCUT2D eigenvalue weighted by Gasteiger charge is -2.47. The molecule has 0 saturated carbocycles. The minimum atomic E-state index is 0.614. The molecule has 0 aromatic carbocycles. The van der Waals surface area contributed by atoms with Crippen LogP contribution < -0.4 is 5.32 Å². The van der Waals surface area contributed by atoms with E-state index in [1.165, 1.54) is 38.4 Å². The number of nitrogens with one attached hydrogen (secondary N) is 2. The Kier molecular flexibility index (Phi) is 4.45. The highest BCUT2D eigenvalue weighted by molar-refractivity contribution is 5.79. The molecule has 1 aromatic rings. The van der Waals surface area contributed by atoms with E-state index in [4.69, 9.17) is 0 Å². The fourth-order valence-electron chi connectivity index (χ4n) is 3.31. The highest BCUT2D eigenvalue weighted by Crippen LogP contribution is 2.14. The van der Waals surface area contributed by atoms with Gasteiger partial charge < -0.3 is 15.2 Å². The Balaban J connectivity index is 1.50. The van der Waals surface area contributed by atoms with Crippen molar-refractivity contribution in [1.29, 1.82) is 0 Å². The molecular weight excluding hydrogens is 264 g/mol. The zero-order valence-electron chi connectivity index (χ0n) is 13.0. The zero-order chi connectivity index (χ0) is 14.7. The first kappa shape index (κ1) is 14.4. The summed E-state index contributed by atoms with van der Waals surface area (Å²) in [4.78, 5) is 15.0. The van der Waals surface area contributed by atoms with Gasteiger partial charge in [-0.15, -0.1) is 0 Å². The third kappa shape index (κ3) is 3.39. The molecule has 0 spiro atoms. The summed E-state index contributed by atoms with van der Waals surface area (Å²) in [5, 5.41) is 3.53. The lowest BCUT2D eigenvalue weighted by atomic mass is 10.1. The molecule has 116 valence electrons. The maximum atomic E-state index is 4.40. The number of aromatic amines is 1. The van der Waals surface area contributed by atoms with Crippen LogP contribution in [0.4, 0.5) is 0 Å². The molecule has 4 rings (SSSR count).